The summed E-state index contributed by atoms with van der Waals surface area (Å²) in [6, 6.07) is 57.4. The first-order chi connectivity index (χ1) is 22.3. The van der Waals surface area contributed by atoms with Gasteiger partial charge >= 0.3 is 0 Å². The van der Waals surface area contributed by atoms with Crippen molar-refractivity contribution in [1.82, 2.24) is 0 Å². The third-order valence-corrected chi connectivity index (χ3v) is 9.58. The standard InChI is InChI=1S/C44H26O/c1-2-12-27(13-3-1)30-24-28-14-4-5-16-31(28)37(26-30)42-32-17-6-8-19-34(32)43(35-20-9-7-18-33(35)42)38-25-29-15-10-22-39-41(29)44-36(38)21-11-23-40(44)45-39/h1-26H. The molecule has 1 heteroatoms. The predicted octanol–water partition coefficient (Wildman–Crippen LogP) is 12.6. The molecule has 1 heterocycles. The summed E-state index contributed by atoms with van der Waals surface area (Å²) in [7, 11) is 0. The largest absolute Gasteiger partial charge is 0.456 e. The van der Waals surface area contributed by atoms with Crippen LogP contribution in [-0.4, -0.2) is 0 Å². The monoisotopic (exact) mass is 570 g/mol. The molecule has 0 saturated carbocycles. The highest BCUT2D eigenvalue weighted by Gasteiger charge is 2.22. The lowest BCUT2D eigenvalue weighted by Crippen LogP contribution is -1.93. The van der Waals surface area contributed by atoms with Crippen molar-refractivity contribution in [3.05, 3.63) is 158 Å². The lowest BCUT2D eigenvalue weighted by Gasteiger charge is -2.20. The Balaban J connectivity index is 1.38. The van der Waals surface area contributed by atoms with Gasteiger partial charge in [0, 0.05) is 10.8 Å². The zero-order valence-electron chi connectivity index (χ0n) is 24.4. The van der Waals surface area contributed by atoms with E-state index >= 15 is 0 Å². The van der Waals surface area contributed by atoms with Gasteiger partial charge in [-0.15, -0.1) is 0 Å². The Morgan fingerprint density at radius 2 is 0.822 bits per heavy atom. The maximum absolute atomic E-state index is 6.35. The number of hydrogen-bond acceptors (Lipinski definition) is 1. The minimum atomic E-state index is 0.940. The summed E-state index contributed by atoms with van der Waals surface area (Å²) in [5.74, 6) is 0. The molecule has 0 fully saturated rings. The molecule has 1 aromatic heterocycles. The molecule has 0 aliphatic carbocycles. The van der Waals surface area contributed by atoms with Crippen molar-refractivity contribution in [3.8, 4) is 33.4 Å². The molecule has 45 heavy (non-hydrogen) atoms. The predicted molar refractivity (Wildman–Crippen MR) is 191 cm³/mol. The Morgan fingerprint density at radius 1 is 0.311 bits per heavy atom. The van der Waals surface area contributed by atoms with E-state index in [1.54, 1.807) is 0 Å². The smallest absolute Gasteiger partial charge is 0.136 e. The average Bonchev–Trinajstić information content (AvgIpc) is 3.50. The van der Waals surface area contributed by atoms with Crippen molar-refractivity contribution in [3.63, 3.8) is 0 Å². The first kappa shape index (κ1) is 24.5. The molecule has 9 aromatic carbocycles. The Bertz CT molecular complexity index is 2690. The number of rotatable bonds is 3. The van der Waals surface area contributed by atoms with E-state index in [4.69, 9.17) is 4.42 Å². The third-order valence-electron chi connectivity index (χ3n) is 9.58. The minimum absolute atomic E-state index is 0.940. The minimum Gasteiger partial charge on any atom is -0.456 e. The lowest BCUT2D eigenvalue weighted by atomic mass is 9.82. The molecule has 0 aliphatic rings. The normalized spacial score (nSPS) is 12.0. The van der Waals surface area contributed by atoms with Crippen LogP contribution in [0.1, 0.15) is 0 Å². The van der Waals surface area contributed by atoms with E-state index in [1.807, 2.05) is 0 Å². The zero-order chi connectivity index (χ0) is 29.5. The number of furan rings is 1. The van der Waals surface area contributed by atoms with Crippen molar-refractivity contribution in [1.29, 1.82) is 0 Å². The Hall–Kier alpha value is -5.92. The molecule has 1 nitrogen and oxygen atoms in total. The van der Waals surface area contributed by atoms with Gasteiger partial charge in [0.2, 0.25) is 0 Å². The lowest BCUT2D eigenvalue weighted by molar-refractivity contribution is 0.669. The van der Waals surface area contributed by atoms with Crippen LogP contribution in [0.25, 0.3) is 98.4 Å². The van der Waals surface area contributed by atoms with Crippen LogP contribution in [0.4, 0.5) is 0 Å². The van der Waals surface area contributed by atoms with Gasteiger partial charge in [0.25, 0.3) is 0 Å². The maximum Gasteiger partial charge on any atom is 0.136 e. The van der Waals surface area contributed by atoms with Crippen LogP contribution in [-0.2, 0) is 0 Å². The van der Waals surface area contributed by atoms with Gasteiger partial charge < -0.3 is 4.42 Å². The third kappa shape index (κ3) is 3.50. The van der Waals surface area contributed by atoms with E-state index in [2.05, 4.69) is 158 Å². The summed E-state index contributed by atoms with van der Waals surface area (Å²) in [6.45, 7) is 0. The van der Waals surface area contributed by atoms with Gasteiger partial charge in [-0.25, -0.2) is 0 Å². The molecule has 0 radical (unpaired) electrons. The Kier molecular flexibility index (Phi) is 5.06. The fourth-order valence-electron chi connectivity index (χ4n) is 7.70. The van der Waals surface area contributed by atoms with Crippen LogP contribution < -0.4 is 0 Å². The molecular formula is C44H26O. The van der Waals surface area contributed by atoms with Gasteiger partial charge in [0.1, 0.15) is 11.2 Å². The van der Waals surface area contributed by atoms with Crippen molar-refractivity contribution < 1.29 is 4.42 Å². The molecular weight excluding hydrogens is 544 g/mol. The van der Waals surface area contributed by atoms with Gasteiger partial charge in [-0.3, -0.25) is 0 Å². The van der Waals surface area contributed by atoms with Crippen LogP contribution in [0.15, 0.2) is 162 Å². The molecule has 0 amide bonds. The second kappa shape index (κ2) is 9.29. The number of hydrogen-bond donors (Lipinski definition) is 0. The fraction of sp³-hybridized carbons (Fsp3) is 0. The molecule has 0 bridgehead atoms. The van der Waals surface area contributed by atoms with E-state index in [0.717, 1.165) is 11.2 Å². The highest BCUT2D eigenvalue weighted by molar-refractivity contribution is 6.30. The first-order valence-electron chi connectivity index (χ1n) is 15.5. The van der Waals surface area contributed by atoms with Crippen molar-refractivity contribution in [2.75, 3.05) is 0 Å². The molecule has 0 unspecified atom stereocenters. The highest BCUT2D eigenvalue weighted by Crippen LogP contribution is 2.49. The second-order valence-corrected chi connectivity index (χ2v) is 12.0. The Morgan fingerprint density at radius 3 is 1.51 bits per heavy atom. The van der Waals surface area contributed by atoms with Crippen molar-refractivity contribution in [2.45, 2.75) is 0 Å². The van der Waals surface area contributed by atoms with Gasteiger partial charge in [0.15, 0.2) is 0 Å². The summed E-state index contributed by atoms with van der Waals surface area (Å²) in [5, 5.41) is 12.4. The molecule has 10 aromatic rings. The van der Waals surface area contributed by atoms with Gasteiger partial charge in [0.05, 0.1) is 0 Å². The maximum atomic E-state index is 6.35. The molecule has 0 atom stereocenters. The van der Waals surface area contributed by atoms with E-state index in [-0.39, 0.29) is 0 Å². The molecule has 0 aliphatic heterocycles. The molecule has 208 valence electrons. The fourth-order valence-corrected chi connectivity index (χ4v) is 7.70. The van der Waals surface area contributed by atoms with Crippen LogP contribution in [0.3, 0.4) is 0 Å². The van der Waals surface area contributed by atoms with Gasteiger partial charge in [-0.2, -0.15) is 0 Å². The van der Waals surface area contributed by atoms with E-state index in [0.29, 0.717) is 0 Å². The second-order valence-electron chi connectivity index (χ2n) is 12.0. The van der Waals surface area contributed by atoms with Crippen LogP contribution in [0.2, 0.25) is 0 Å². The quantitative estimate of drug-likeness (QED) is 0.152. The van der Waals surface area contributed by atoms with E-state index in [9.17, 15) is 0 Å². The summed E-state index contributed by atoms with van der Waals surface area (Å²) in [4.78, 5) is 0. The van der Waals surface area contributed by atoms with Crippen LogP contribution >= 0.6 is 0 Å². The molecule has 0 N–H and O–H groups in total. The molecule has 0 saturated heterocycles. The zero-order valence-corrected chi connectivity index (χ0v) is 24.4. The molecule has 10 rings (SSSR count). The summed E-state index contributed by atoms with van der Waals surface area (Å²) in [5.41, 5.74) is 9.38. The number of benzene rings is 9. The van der Waals surface area contributed by atoms with Crippen molar-refractivity contribution in [2.24, 2.45) is 0 Å². The molecule has 0 spiro atoms. The van der Waals surface area contributed by atoms with Crippen molar-refractivity contribution >= 4 is 65.0 Å². The topological polar surface area (TPSA) is 13.1 Å². The van der Waals surface area contributed by atoms with Crippen LogP contribution in [0, 0.1) is 0 Å². The summed E-state index contributed by atoms with van der Waals surface area (Å²) >= 11 is 0. The summed E-state index contributed by atoms with van der Waals surface area (Å²) in [6.07, 6.45) is 0. The SMILES string of the molecule is c1ccc(-c2cc(-c3c4ccccc4c(-c4cc5cccc6oc7cccc4c7c56)c4ccccc34)c3ccccc3c2)cc1. The van der Waals surface area contributed by atoms with Gasteiger partial charge in [-0.1, -0.05) is 127 Å². The Labute approximate surface area is 259 Å². The summed E-state index contributed by atoms with van der Waals surface area (Å²) < 4.78 is 6.35. The van der Waals surface area contributed by atoms with E-state index < -0.39 is 0 Å². The van der Waals surface area contributed by atoms with Crippen LogP contribution in [0.5, 0.6) is 0 Å². The van der Waals surface area contributed by atoms with E-state index in [1.165, 1.54) is 87.2 Å². The highest BCUT2D eigenvalue weighted by atomic mass is 16.3. The number of fused-ring (bicyclic) bond motifs is 3. The van der Waals surface area contributed by atoms with Gasteiger partial charge in [-0.05, 0) is 107 Å². The average molecular weight is 571 g/mol. The first-order valence-corrected chi connectivity index (χ1v) is 15.5.